The first kappa shape index (κ1) is 23.2. The van der Waals surface area contributed by atoms with Gasteiger partial charge in [0, 0.05) is 12.1 Å². The molecule has 1 amide bonds. The monoisotopic (exact) mass is 386 g/mol. The Morgan fingerprint density at radius 1 is 1.27 bits per heavy atom. The number of guanidine groups is 1. The number of nitrogens with one attached hydrogen (secondary N) is 3. The summed E-state index contributed by atoms with van der Waals surface area (Å²) < 4.78 is 4.74. The Bertz CT molecular complexity index is 641. The highest BCUT2D eigenvalue weighted by Crippen LogP contribution is 2.21. The number of ketones is 1. The van der Waals surface area contributed by atoms with Crippen molar-refractivity contribution in [3.8, 4) is 0 Å². The zero-order valence-electron chi connectivity index (χ0n) is 14.3. The molecule has 1 aromatic rings. The van der Waals surface area contributed by atoms with E-state index in [9.17, 15) is 19.5 Å². The van der Waals surface area contributed by atoms with Crippen LogP contribution in [0.3, 0.4) is 0 Å². The number of carbonyl (C=O) groups excluding carboxylic acids is 2. The maximum Gasteiger partial charge on any atom is 0.408 e. The smallest absolute Gasteiger partial charge is 0.408 e. The summed E-state index contributed by atoms with van der Waals surface area (Å²) in [6.07, 6.45) is -1.01. The number of amides is 1. The maximum atomic E-state index is 12.8. The van der Waals surface area contributed by atoms with E-state index < -0.39 is 23.4 Å². The molecule has 0 aliphatic carbocycles. The van der Waals surface area contributed by atoms with Crippen LogP contribution < -0.4 is 16.4 Å². The Morgan fingerprint density at radius 3 is 2.38 bits per heavy atom. The van der Waals surface area contributed by atoms with Crippen molar-refractivity contribution in [1.82, 2.24) is 10.6 Å². The van der Waals surface area contributed by atoms with Crippen LogP contribution in [0.2, 0.25) is 0 Å². The lowest BCUT2D eigenvalue weighted by molar-refractivity contribution is -0.142. The average Bonchev–Trinajstić information content (AvgIpc) is 2.57. The molecule has 6 N–H and O–H groups in total. The Balaban J connectivity index is 0.00000625. The molecule has 0 radical (unpaired) electrons. The first-order valence-electron chi connectivity index (χ1n) is 7.69. The molecular formula is C16H23ClN4O5. The van der Waals surface area contributed by atoms with Crippen LogP contribution >= 0.6 is 12.4 Å². The highest BCUT2D eigenvalue weighted by Gasteiger charge is 2.47. The molecule has 0 bridgehead atoms. The molecule has 0 heterocycles. The Morgan fingerprint density at radius 2 is 1.88 bits per heavy atom. The van der Waals surface area contributed by atoms with Crippen LogP contribution in [0.25, 0.3) is 0 Å². The van der Waals surface area contributed by atoms with Gasteiger partial charge in [0.2, 0.25) is 5.54 Å². The van der Waals surface area contributed by atoms with Gasteiger partial charge in [0.25, 0.3) is 0 Å². The maximum absolute atomic E-state index is 12.8. The minimum absolute atomic E-state index is 0. The lowest BCUT2D eigenvalue weighted by atomic mass is 9.85. The highest BCUT2D eigenvalue weighted by molar-refractivity contribution is 6.17. The predicted octanol–water partition coefficient (Wildman–Crippen LogP) is 1.12. The lowest BCUT2D eigenvalue weighted by Crippen LogP contribution is -2.60. The molecule has 0 aromatic heterocycles. The van der Waals surface area contributed by atoms with Gasteiger partial charge in [-0.15, -0.1) is 12.4 Å². The normalized spacial score (nSPS) is 12.0. The number of carbonyl (C=O) groups is 3. The van der Waals surface area contributed by atoms with Crippen LogP contribution in [0.15, 0.2) is 30.3 Å². The minimum Gasteiger partial charge on any atom is -0.479 e. The largest absolute Gasteiger partial charge is 0.479 e. The molecule has 1 atom stereocenters. The van der Waals surface area contributed by atoms with Crippen molar-refractivity contribution < 1.29 is 24.2 Å². The molecule has 1 aromatic carbocycles. The molecule has 144 valence electrons. The highest BCUT2D eigenvalue weighted by atomic mass is 35.5. The van der Waals surface area contributed by atoms with Crippen molar-refractivity contribution in [3.63, 3.8) is 0 Å². The van der Waals surface area contributed by atoms with E-state index in [1.807, 2.05) is 0 Å². The van der Waals surface area contributed by atoms with Crippen molar-refractivity contribution in [2.24, 2.45) is 5.73 Å². The van der Waals surface area contributed by atoms with Gasteiger partial charge in [0.15, 0.2) is 11.7 Å². The summed E-state index contributed by atoms with van der Waals surface area (Å²) in [6, 6.07) is 7.83. The van der Waals surface area contributed by atoms with Gasteiger partial charge in [-0.3, -0.25) is 15.5 Å². The molecular weight excluding hydrogens is 364 g/mol. The van der Waals surface area contributed by atoms with Crippen molar-refractivity contribution in [1.29, 1.82) is 5.41 Å². The zero-order valence-corrected chi connectivity index (χ0v) is 15.1. The fraction of sp³-hybridized carbons (Fsp3) is 0.375. The quantitative estimate of drug-likeness (QED) is 0.140. The molecule has 9 nitrogen and oxygen atoms in total. The second-order valence-electron chi connectivity index (χ2n) is 5.20. The summed E-state index contributed by atoms with van der Waals surface area (Å²) in [4.78, 5) is 36.6. The molecule has 0 unspecified atom stereocenters. The predicted molar refractivity (Wildman–Crippen MR) is 97.7 cm³/mol. The second kappa shape index (κ2) is 10.9. The van der Waals surface area contributed by atoms with Gasteiger partial charge in [0.1, 0.15) is 0 Å². The van der Waals surface area contributed by atoms with Gasteiger partial charge in [-0.25, -0.2) is 9.59 Å². The van der Waals surface area contributed by atoms with Crippen molar-refractivity contribution in [2.75, 3.05) is 13.2 Å². The number of Topliss-reactive ketones (excluding diaryl/α,β-unsaturated/α-hetero) is 1. The number of aliphatic carboxylic acids is 1. The SMILES string of the molecule is CCOC(=O)N[C@@](CCCNC(=N)N)(C(=O)O)C(=O)c1ccccc1.Cl. The first-order valence-corrected chi connectivity index (χ1v) is 7.69. The van der Waals surface area contributed by atoms with E-state index in [1.54, 1.807) is 25.1 Å². The van der Waals surface area contributed by atoms with Crippen LogP contribution in [0.4, 0.5) is 4.79 Å². The molecule has 0 fully saturated rings. The van der Waals surface area contributed by atoms with E-state index in [4.69, 9.17) is 15.9 Å². The van der Waals surface area contributed by atoms with E-state index >= 15 is 0 Å². The molecule has 0 saturated heterocycles. The minimum atomic E-state index is -2.17. The molecule has 0 saturated carbocycles. The van der Waals surface area contributed by atoms with Crippen LogP contribution in [-0.2, 0) is 9.53 Å². The van der Waals surface area contributed by atoms with E-state index in [0.29, 0.717) is 0 Å². The van der Waals surface area contributed by atoms with Crippen LogP contribution in [0, 0.1) is 5.41 Å². The number of hydrogen-bond donors (Lipinski definition) is 5. The van der Waals surface area contributed by atoms with E-state index in [1.165, 1.54) is 12.1 Å². The summed E-state index contributed by atoms with van der Waals surface area (Å²) in [7, 11) is 0. The summed E-state index contributed by atoms with van der Waals surface area (Å²) in [5, 5.41) is 21.5. The van der Waals surface area contributed by atoms with Gasteiger partial charge in [0.05, 0.1) is 6.61 Å². The number of benzene rings is 1. The van der Waals surface area contributed by atoms with Gasteiger partial charge in [-0.05, 0) is 19.8 Å². The van der Waals surface area contributed by atoms with E-state index in [2.05, 4.69) is 10.6 Å². The number of carboxylic acids is 1. The van der Waals surface area contributed by atoms with E-state index in [0.717, 1.165) is 0 Å². The summed E-state index contributed by atoms with van der Waals surface area (Å²) in [5.41, 5.74) is 3.15. The number of nitrogens with two attached hydrogens (primary N) is 1. The number of ether oxygens (including phenoxy) is 1. The van der Waals surface area contributed by atoms with Gasteiger partial charge >= 0.3 is 12.1 Å². The van der Waals surface area contributed by atoms with E-state index in [-0.39, 0.29) is 49.9 Å². The summed E-state index contributed by atoms with van der Waals surface area (Å²) in [5.74, 6) is -2.51. The number of hydrogen-bond acceptors (Lipinski definition) is 5. The van der Waals surface area contributed by atoms with Crippen LogP contribution in [-0.4, -0.2) is 47.6 Å². The number of carboxylic acid groups (broad SMARTS) is 1. The Hall–Kier alpha value is -2.81. The Kier molecular flexibility index (Phi) is 9.75. The molecule has 26 heavy (non-hydrogen) atoms. The second-order valence-corrected chi connectivity index (χ2v) is 5.20. The van der Waals surface area contributed by atoms with Crippen LogP contribution in [0.5, 0.6) is 0 Å². The third-order valence-electron chi connectivity index (χ3n) is 3.42. The summed E-state index contributed by atoms with van der Waals surface area (Å²) in [6.45, 7) is 1.78. The van der Waals surface area contributed by atoms with Crippen molar-refractivity contribution in [3.05, 3.63) is 35.9 Å². The van der Waals surface area contributed by atoms with Crippen LogP contribution in [0.1, 0.15) is 30.1 Å². The fourth-order valence-electron chi connectivity index (χ4n) is 2.24. The standard InChI is InChI=1S/C16H22N4O5.ClH/c1-2-25-15(24)20-16(13(22)23,9-6-10-19-14(17)18)12(21)11-7-4-3-5-8-11;/h3-5,7-8H,2,6,9-10H2,1H3,(H,20,24)(H,22,23)(H4,17,18,19);1H/t16-;/m1./s1. The molecule has 0 spiro atoms. The Labute approximate surface area is 157 Å². The third kappa shape index (κ3) is 6.25. The topological polar surface area (TPSA) is 155 Å². The van der Waals surface area contributed by atoms with Gasteiger partial charge in [-0.1, -0.05) is 30.3 Å². The summed E-state index contributed by atoms with van der Waals surface area (Å²) >= 11 is 0. The van der Waals surface area contributed by atoms with Crippen molar-refractivity contribution >= 4 is 36.2 Å². The molecule has 10 heteroatoms. The molecule has 0 aliphatic rings. The third-order valence-corrected chi connectivity index (χ3v) is 3.42. The van der Waals surface area contributed by atoms with Crippen molar-refractivity contribution in [2.45, 2.75) is 25.3 Å². The molecule has 0 aliphatic heterocycles. The number of alkyl carbamates (subject to hydrolysis) is 1. The number of rotatable bonds is 9. The van der Waals surface area contributed by atoms with Gasteiger partial charge < -0.3 is 20.9 Å². The molecule has 1 rings (SSSR count). The fourth-order valence-corrected chi connectivity index (χ4v) is 2.24. The first-order chi connectivity index (χ1) is 11.8. The lowest BCUT2D eigenvalue weighted by Gasteiger charge is -2.29. The van der Waals surface area contributed by atoms with Gasteiger partial charge in [-0.2, -0.15) is 0 Å². The average molecular weight is 387 g/mol. The zero-order chi connectivity index (χ0) is 18.9. The number of halogens is 1.